The van der Waals surface area contributed by atoms with Crippen LogP contribution in [-0.2, 0) is 5.41 Å². The lowest BCUT2D eigenvalue weighted by Crippen LogP contribution is -2.13. The Labute approximate surface area is 78.2 Å². The van der Waals surface area contributed by atoms with E-state index in [1.54, 1.807) is 6.07 Å². The monoisotopic (exact) mass is 184 g/mol. The Hall–Kier alpha value is -0.500. The highest BCUT2D eigenvalue weighted by Crippen LogP contribution is 2.26. The van der Waals surface area contributed by atoms with E-state index in [1.807, 2.05) is 26.8 Å². The van der Waals surface area contributed by atoms with Crippen LogP contribution in [0.2, 0.25) is 0 Å². The van der Waals surface area contributed by atoms with E-state index in [9.17, 15) is 4.39 Å². The van der Waals surface area contributed by atoms with Crippen molar-refractivity contribution in [2.75, 3.05) is 0 Å². The third-order valence-corrected chi connectivity index (χ3v) is 2.04. The summed E-state index contributed by atoms with van der Waals surface area (Å²) in [5, 5.41) is 0. The first-order valence-electron chi connectivity index (χ1n) is 3.90. The third-order valence-electron chi connectivity index (χ3n) is 1.76. The van der Waals surface area contributed by atoms with Crippen LogP contribution >= 0.6 is 12.6 Å². The Morgan fingerprint density at radius 3 is 2.25 bits per heavy atom. The smallest absolute Gasteiger partial charge is 0.128 e. The van der Waals surface area contributed by atoms with Crippen LogP contribution in [0.4, 0.5) is 4.39 Å². The summed E-state index contributed by atoms with van der Waals surface area (Å²) in [6, 6.07) is 5.05. The van der Waals surface area contributed by atoms with E-state index in [2.05, 4.69) is 12.6 Å². The van der Waals surface area contributed by atoms with Crippen molar-refractivity contribution in [3.63, 3.8) is 0 Å². The molecule has 0 aliphatic rings. The number of hydrogen-bond donors (Lipinski definition) is 1. The van der Waals surface area contributed by atoms with E-state index in [-0.39, 0.29) is 11.2 Å². The molecule has 66 valence electrons. The largest absolute Gasteiger partial charge is 0.207 e. The predicted molar refractivity (Wildman–Crippen MR) is 52.4 cm³/mol. The summed E-state index contributed by atoms with van der Waals surface area (Å²) < 4.78 is 13.3. The van der Waals surface area contributed by atoms with Gasteiger partial charge in [0.1, 0.15) is 5.82 Å². The van der Waals surface area contributed by atoms with Gasteiger partial charge in [-0.25, -0.2) is 4.39 Å². The molecule has 0 aromatic heterocycles. The molecule has 0 heterocycles. The van der Waals surface area contributed by atoms with Crippen LogP contribution in [-0.4, -0.2) is 0 Å². The van der Waals surface area contributed by atoms with Gasteiger partial charge in [-0.2, -0.15) is 0 Å². The van der Waals surface area contributed by atoms with E-state index >= 15 is 0 Å². The molecular formula is C10H13FS. The van der Waals surface area contributed by atoms with Crippen molar-refractivity contribution in [1.82, 2.24) is 0 Å². The molecule has 0 N–H and O–H groups in total. The topological polar surface area (TPSA) is 0 Å². The SMILES string of the molecule is CC(C)(C)c1ccc(S)cc1F. The van der Waals surface area contributed by atoms with Crippen molar-refractivity contribution < 1.29 is 4.39 Å². The van der Waals surface area contributed by atoms with Gasteiger partial charge in [0.05, 0.1) is 0 Å². The van der Waals surface area contributed by atoms with E-state index in [0.717, 1.165) is 5.56 Å². The maximum Gasteiger partial charge on any atom is 0.128 e. The van der Waals surface area contributed by atoms with Crippen molar-refractivity contribution in [2.24, 2.45) is 0 Å². The van der Waals surface area contributed by atoms with Crippen molar-refractivity contribution in [3.8, 4) is 0 Å². The molecule has 0 atom stereocenters. The fraction of sp³-hybridized carbons (Fsp3) is 0.400. The van der Waals surface area contributed by atoms with Crippen molar-refractivity contribution >= 4 is 12.6 Å². The third kappa shape index (κ3) is 2.01. The van der Waals surface area contributed by atoms with Crippen LogP contribution < -0.4 is 0 Å². The molecule has 1 rings (SSSR count). The average Bonchev–Trinajstić information content (AvgIpc) is 1.83. The average molecular weight is 184 g/mol. The van der Waals surface area contributed by atoms with Gasteiger partial charge >= 0.3 is 0 Å². The molecule has 12 heavy (non-hydrogen) atoms. The minimum atomic E-state index is -0.171. The normalized spacial score (nSPS) is 11.8. The summed E-state index contributed by atoms with van der Waals surface area (Å²) in [7, 11) is 0. The molecule has 0 nitrogen and oxygen atoms in total. The van der Waals surface area contributed by atoms with Crippen LogP contribution in [0.5, 0.6) is 0 Å². The van der Waals surface area contributed by atoms with Gasteiger partial charge < -0.3 is 0 Å². The Kier molecular flexibility index (Phi) is 2.47. The number of rotatable bonds is 0. The Morgan fingerprint density at radius 2 is 1.83 bits per heavy atom. The van der Waals surface area contributed by atoms with Crippen LogP contribution in [0.1, 0.15) is 26.3 Å². The van der Waals surface area contributed by atoms with Gasteiger partial charge in [-0.1, -0.05) is 26.8 Å². The van der Waals surface area contributed by atoms with Gasteiger partial charge in [0, 0.05) is 4.90 Å². The first-order valence-corrected chi connectivity index (χ1v) is 4.35. The summed E-state index contributed by atoms with van der Waals surface area (Å²) in [5.74, 6) is -0.171. The summed E-state index contributed by atoms with van der Waals surface area (Å²) in [5.41, 5.74) is 0.603. The highest BCUT2D eigenvalue weighted by atomic mass is 32.1. The fourth-order valence-electron chi connectivity index (χ4n) is 1.11. The molecule has 0 saturated carbocycles. The van der Waals surface area contributed by atoms with Gasteiger partial charge in [0.15, 0.2) is 0 Å². The quantitative estimate of drug-likeness (QED) is 0.587. The first kappa shape index (κ1) is 9.59. The highest BCUT2D eigenvalue weighted by Gasteiger charge is 2.17. The molecule has 0 aliphatic carbocycles. The number of thiol groups is 1. The van der Waals surface area contributed by atoms with E-state index in [1.165, 1.54) is 6.07 Å². The minimum absolute atomic E-state index is 0.133. The van der Waals surface area contributed by atoms with Gasteiger partial charge in [0.2, 0.25) is 0 Å². The molecule has 0 radical (unpaired) electrons. The van der Waals surface area contributed by atoms with Crippen molar-refractivity contribution in [1.29, 1.82) is 0 Å². The van der Waals surface area contributed by atoms with Gasteiger partial charge in [-0.15, -0.1) is 12.6 Å². The zero-order valence-electron chi connectivity index (χ0n) is 7.56. The van der Waals surface area contributed by atoms with Crippen molar-refractivity contribution in [2.45, 2.75) is 31.1 Å². The molecule has 0 bridgehead atoms. The maximum atomic E-state index is 13.3. The molecule has 0 unspecified atom stereocenters. The number of hydrogen-bond acceptors (Lipinski definition) is 1. The first-order chi connectivity index (χ1) is 5.41. The molecule has 1 aromatic carbocycles. The molecule has 0 spiro atoms. The fourth-order valence-corrected chi connectivity index (χ4v) is 1.30. The highest BCUT2D eigenvalue weighted by molar-refractivity contribution is 7.80. The summed E-state index contributed by atoms with van der Waals surface area (Å²) in [4.78, 5) is 0.667. The van der Waals surface area contributed by atoms with Crippen LogP contribution in [0, 0.1) is 5.82 Å². The second-order valence-corrected chi connectivity index (χ2v) is 4.43. The standard InChI is InChI=1S/C10H13FS/c1-10(2,3)8-5-4-7(12)6-9(8)11/h4-6,12H,1-3H3. The van der Waals surface area contributed by atoms with Gasteiger partial charge in [0.25, 0.3) is 0 Å². The molecule has 1 aromatic rings. The minimum Gasteiger partial charge on any atom is -0.207 e. The molecule has 0 fully saturated rings. The lowest BCUT2D eigenvalue weighted by molar-refractivity contribution is 0.521. The Bertz CT molecular complexity index is 286. The lowest BCUT2D eigenvalue weighted by atomic mass is 9.87. The van der Waals surface area contributed by atoms with E-state index in [4.69, 9.17) is 0 Å². The molecule has 0 aliphatic heterocycles. The Balaban J connectivity index is 3.19. The summed E-state index contributed by atoms with van der Waals surface area (Å²) in [6.07, 6.45) is 0. The van der Waals surface area contributed by atoms with Crippen LogP contribution in [0.15, 0.2) is 23.1 Å². The zero-order valence-corrected chi connectivity index (χ0v) is 8.45. The molecule has 0 amide bonds. The van der Waals surface area contributed by atoms with Gasteiger partial charge in [-0.3, -0.25) is 0 Å². The van der Waals surface area contributed by atoms with Crippen LogP contribution in [0.25, 0.3) is 0 Å². The molecule has 0 saturated heterocycles. The summed E-state index contributed by atoms with van der Waals surface area (Å²) in [6.45, 7) is 5.97. The van der Waals surface area contributed by atoms with Crippen LogP contribution in [0.3, 0.4) is 0 Å². The van der Waals surface area contributed by atoms with E-state index in [0.29, 0.717) is 4.90 Å². The number of halogens is 1. The summed E-state index contributed by atoms with van der Waals surface area (Å²) >= 11 is 4.06. The lowest BCUT2D eigenvalue weighted by Gasteiger charge is -2.19. The van der Waals surface area contributed by atoms with E-state index < -0.39 is 0 Å². The van der Waals surface area contributed by atoms with Gasteiger partial charge in [-0.05, 0) is 23.1 Å². The van der Waals surface area contributed by atoms with Crippen molar-refractivity contribution in [3.05, 3.63) is 29.6 Å². The second kappa shape index (κ2) is 3.09. The second-order valence-electron chi connectivity index (χ2n) is 3.91. The Morgan fingerprint density at radius 1 is 1.25 bits per heavy atom. The zero-order chi connectivity index (χ0) is 9.35. The maximum absolute atomic E-state index is 13.3. The predicted octanol–water partition coefficient (Wildman–Crippen LogP) is 3.41. The molecular weight excluding hydrogens is 171 g/mol. The molecule has 2 heteroatoms. The number of benzene rings is 1.